The van der Waals surface area contributed by atoms with Crippen LogP contribution in [0.3, 0.4) is 0 Å². The SMILES string of the molecule is CCc1nc2sc([C@@H](c3ccc(C(F)(F)F)cc3)N3CCC(O)CC3)c(O)n2n1. The molecule has 0 unspecified atom stereocenters. The Kier molecular flexibility index (Phi) is 5.26. The fourth-order valence-corrected chi connectivity index (χ4v) is 4.78. The second-order valence-corrected chi connectivity index (χ2v) is 8.16. The molecule has 29 heavy (non-hydrogen) atoms. The molecule has 2 aromatic heterocycles. The summed E-state index contributed by atoms with van der Waals surface area (Å²) in [6.07, 6.45) is -3.02. The van der Waals surface area contributed by atoms with Gasteiger partial charge in [-0.1, -0.05) is 30.4 Å². The highest BCUT2D eigenvalue weighted by atomic mass is 32.1. The van der Waals surface area contributed by atoms with Gasteiger partial charge in [-0.15, -0.1) is 5.10 Å². The molecule has 0 aliphatic carbocycles. The lowest BCUT2D eigenvalue weighted by molar-refractivity contribution is -0.137. The zero-order valence-corrected chi connectivity index (χ0v) is 16.5. The second kappa shape index (κ2) is 7.58. The van der Waals surface area contributed by atoms with E-state index in [4.69, 9.17) is 0 Å². The minimum atomic E-state index is -4.41. The first-order valence-corrected chi connectivity index (χ1v) is 10.3. The number of hydrogen-bond acceptors (Lipinski definition) is 6. The third kappa shape index (κ3) is 3.84. The summed E-state index contributed by atoms with van der Waals surface area (Å²) in [5.74, 6) is 0.568. The number of aliphatic hydroxyl groups excluding tert-OH is 1. The van der Waals surface area contributed by atoms with E-state index in [1.54, 1.807) is 0 Å². The molecule has 1 fully saturated rings. The number of aryl methyl sites for hydroxylation is 1. The third-order valence-corrected chi connectivity index (χ3v) is 6.30. The number of aromatic nitrogens is 3. The molecule has 0 saturated carbocycles. The van der Waals surface area contributed by atoms with Crippen molar-refractivity contribution in [2.75, 3.05) is 13.1 Å². The predicted octanol–water partition coefficient (Wildman–Crippen LogP) is 3.62. The Morgan fingerprint density at radius 3 is 2.41 bits per heavy atom. The van der Waals surface area contributed by atoms with Gasteiger partial charge in [-0.05, 0) is 30.5 Å². The molecule has 10 heteroatoms. The topological polar surface area (TPSA) is 73.9 Å². The van der Waals surface area contributed by atoms with Crippen molar-refractivity contribution in [3.05, 3.63) is 46.1 Å². The third-order valence-electron chi connectivity index (χ3n) is 5.23. The van der Waals surface area contributed by atoms with Gasteiger partial charge in [0.25, 0.3) is 0 Å². The molecule has 1 aliphatic heterocycles. The molecule has 1 saturated heterocycles. The zero-order chi connectivity index (χ0) is 20.8. The van der Waals surface area contributed by atoms with Crippen LogP contribution in [0.2, 0.25) is 0 Å². The average Bonchev–Trinajstić information content (AvgIpc) is 3.23. The number of rotatable bonds is 4. The zero-order valence-electron chi connectivity index (χ0n) is 15.7. The highest BCUT2D eigenvalue weighted by molar-refractivity contribution is 7.17. The van der Waals surface area contributed by atoms with Crippen molar-refractivity contribution in [3.8, 4) is 5.88 Å². The lowest BCUT2D eigenvalue weighted by atomic mass is 9.98. The van der Waals surface area contributed by atoms with E-state index in [0.29, 0.717) is 53.6 Å². The number of alkyl halides is 3. The molecule has 1 atom stereocenters. The van der Waals surface area contributed by atoms with E-state index in [1.165, 1.54) is 28.0 Å². The first-order valence-electron chi connectivity index (χ1n) is 9.44. The quantitative estimate of drug-likeness (QED) is 0.667. The van der Waals surface area contributed by atoms with Crippen molar-refractivity contribution in [1.82, 2.24) is 19.5 Å². The Hall–Kier alpha value is -2.17. The van der Waals surface area contributed by atoms with Crippen LogP contribution in [0.4, 0.5) is 13.2 Å². The number of fused-ring (bicyclic) bond motifs is 1. The number of piperidine rings is 1. The molecule has 0 amide bonds. The maximum atomic E-state index is 13.0. The van der Waals surface area contributed by atoms with E-state index < -0.39 is 17.8 Å². The van der Waals surface area contributed by atoms with Gasteiger partial charge in [-0.25, -0.2) is 4.98 Å². The first-order chi connectivity index (χ1) is 13.8. The maximum absolute atomic E-state index is 13.0. The number of benzene rings is 1. The summed E-state index contributed by atoms with van der Waals surface area (Å²) in [4.78, 5) is 7.59. The molecule has 1 aliphatic rings. The van der Waals surface area contributed by atoms with Crippen LogP contribution in [0.5, 0.6) is 5.88 Å². The summed E-state index contributed by atoms with van der Waals surface area (Å²) in [6, 6.07) is 4.58. The number of aliphatic hydroxyl groups is 1. The fourth-order valence-electron chi connectivity index (χ4n) is 3.65. The Morgan fingerprint density at radius 1 is 1.21 bits per heavy atom. The van der Waals surface area contributed by atoms with Gasteiger partial charge in [0.1, 0.15) is 0 Å². The van der Waals surface area contributed by atoms with E-state index in [1.807, 2.05) is 6.92 Å². The minimum Gasteiger partial charge on any atom is -0.492 e. The first kappa shape index (κ1) is 20.1. The van der Waals surface area contributed by atoms with Crippen LogP contribution in [-0.2, 0) is 12.6 Å². The monoisotopic (exact) mass is 426 g/mol. The van der Waals surface area contributed by atoms with E-state index in [9.17, 15) is 23.4 Å². The van der Waals surface area contributed by atoms with E-state index in [2.05, 4.69) is 15.0 Å². The highest BCUT2D eigenvalue weighted by Gasteiger charge is 2.34. The normalized spacial score (nSPS) is 17.8. The smallest absolute Gasteiger partial charge is 0.416 e. The summed E-state index contributed by atoms with van der Waals surface area (Å²) >= 11 is 1.28. The Labute approximate surface area is 169 Å². The number of thiazole rings is 1. The van der Waals surface area contributed by atoms with Crippen molar-refractivity contribution in [2.45, 2.75) is 44.5 Å². The van der Waals surface area contributed by atoms with Crippen LogP contribution < -0.4 is 0 Å². The second-order valence-electron chi connectivity index (χ2n) is 7.16. The number of likely N-dealkylation sites (tertiary alicyclic amines) is 1. The molecule has 3 aromatic rings. The van der Waals surface area contributed by atoms with Crippen LogP contribution in [0, 0.1) is 0 Å². The van der Waals surface area contributed by atoms with E-state index >= 15 is 0 Å². The number of hydrogen-bond donors (Lipinski definition) is 2. The lowest BCUT2D eigenvalue weighted by Gasteiger charge is -2.36. The molecule has 0 radical (unpaired) electrons. The van der Waals surface area contributed by atoms with Crippen LogP contribution >= 0.6 is 11.3 Å². The van der Waals surface area contributed by atoms with Gasteiger partial charge in [-0.3, -0.25) is 4.90 Å². The summed E-state index contributed by atoms with van der Waals surface area (Å²) in [6.45, 7) is 3.06. The van der Waals surface area contributed by atoms with Gasteiger partial charge in [0.2, 0.25) is 10.8 Å². The van der Waals surface area contributed by atoms with Gasteiger partial charge in [0.05, 0.1) is 22.6 Å². The van der Waals surface area contributed by atoms with Gasteiger partial charge in [0, 0.05) is 19.5 Å². The van der Waals surface area contributed by atoms with Gasteiger partial charge < -0.3 is 10.2 Å². The van der Waals surface area contributed by atoms with Gasteiger partial charge in [0.15, 0.2) is 5.82 Å². The van der Waals surface area contributed by atoms with Crippen LogP contribution in [-0.4, -0.2) is 48.9 Å². The van der Waals surface area contributed by atoms with Crippen molar-refractivity contribution in [2.24, 2.45) is 0 Å². The lowest BCUT2D eigenvalue weighted by Crippen LogP contribution is -2.38. The van der Waals surface area contributed by atoms with Crippen molar-refractivity contribution in [3.63, 3.8) is 0 Å². The summed E-state index contributed by atoms with van der Waals surface area (Å²) in [5.41, 5.74) is -0.0709. The molecule has 6 nitrogen and oxygen atoms in total. The summed E-state index contributed by atoms with van der Waals surface area (Å²) in [5, 5.41) is 24.9. The molecule has 1 aromatic carbocycles. The molecule has 156 valence electrons. The Bertz CT molecular complexity index is 991. The van der Waals surface area contributed by atoms with E-state index in [0.717, 1.165) is 12.1 Å². The largest absolute Gasteiger partial charge is 0.492 e. The Balaban J connectivity index is 1.76. The molecule has 2 N–H and O–H groups in total. The van der Waals surface area contributed by atoms with Crippen molar-refractivity contribution >= 4 is 16.3 Å². The standard InChI is InChI=1S/C19H21F3N4O2S/c1-2-14-23-18-26(24-14)17(28)16(29-18)15(25-9-7-13(27)8-10-25)11-3-5-12(6-4-11)19(20,21)22/h3-6,13,15,27-28H,2,7-10H2,1H3/t15-/m1/s1. The van der Waals surface area contributed by atoms with Crippen molar-refractivity contribution < 1.29 is 23.4 Å². The van der Waals surface area contributed by atoms with Gasteiger partial charge in [-0.2, -0.15) is 17.7 Å². The van der Waals surface area contributed by atoms with Crippen molar-refractivity contribution in [1.29, 1.82) is 0 Å². The van der Waals surface area contributed by atoms with Crippen LogP contribution in [0.1, 0.15) is 47.6 Å². The molecule has 0 spiro atoms. The number of aromatic hydroxyl groups is 1. The van der Waals surface area contributed by atoms with E-state index in [-0.39, 0.29) is 12.0 Å². The minimum absolute atomic E-state index is 0.0479. The molecular weight excluding hydrogens is 405 g/mol. The molecular formula is C19H21F3N4O2S. The highest BCUT2D eigenvalue weighted by Crippen LogP contribution is 2.41. The number of halogens is 3. The molecule has 0 bridgehead atoms. The van der Waals surface area contributed by atoms with Crippen LogP contribution in [0.15, 0.2) is 24.3 Å². The van der Waals surface area contributed by atoms with Crippen LogP contribution in [0.25, 0.3) is 4.96 Å². The maximum Gasteiger partial charge on any atom is 0.416 e. The average molecular weight is 426 g/mol. The fraction of sp³-hybridized carbons (Fsp3) is 0.474. The summed E-state index contributed by atoms with van der Waals surface area (Å²) < 4.78 is 40.3. The molecule has 3 heterocycles. The Morgan fingerprint density at radius 2 is 1.86 bits per heavy atom. The van der Waals surface area contributed by atoms with Gasteiger partial charge >= 0.3 is 6.18 Å². The summed E-state index contributed by atoms with van der Waals surface area (Å²) in [7, 11) is 0. The number of nitrogens with zero attached hydrogens (tertiary/aromatic N) is 4. The predicted molar refractivity (Wildman–Crippen MR) is 102 cm³/mol. The molecule has 4 rings (SSSR count).